The summed E-state index contributed by atoms with van der Waals surface area (Å²) in [6, 6.07) is 8.34. The van der Waals surface area contributed by atoms with Crippen LogP contribution in [-0.4, -0.2) is 5.66 Å². The average Bonchev–Trinajstić information content (AvgIpc) is 3.00. The second-order valence-electron chi connectivity index (χ2n) is 4.12. The lowest BCUT2D eigenvalue weighted by Crippen LogP contribution is -2.17. The Balaban J connectivity index is 1.81. The molecule has 1 aliphatic heterocycles. The lowest BCUT2D eigenvalue weighted by Gasteiger charge is -2.10. The van der Waals surface area contributed by atoms with E-state index in [9.17, 15) is 0 Å². The molecule has 2 nitrogen and oxygen atoms in total. The molecule has 0 bridgehead atoms. The summed E-state index contributed by atoms with van der Waals surface area (Å²) < 4.78 is 1.18. The van der Waals surface area contributed by atoms with E-state index in [4.69, 9.17) is 0 Å². The molecule has 72 valence electrons. The molecule has 3 heteroatoms. The van der Waals surface area contributed by atoms with Gasteiger partial charge < -0.3 is 0 Å². The summed E-state index contributed by atoms with van der Waals surface area (Å²) in [4.78, 5) is 0. The maximum Gasteiger partial charge on any atom is 0.197 e. The van der Waals surface area contributed by atoms with Crippen molar-refractivity contribution < 1.29 is 0 Å². The summed E-state index contributed by atoms with van der Waals surface area (Å²) in [6.07, 6.45) is 3.58. The van der Waals surface area contributed by atoms with Crippen LogP contribution in [0.3, 0.4) is 0 Å². The van der Waals surface area contributed by atoms with Crippen molar-refractivity contribution in [3.05, 3.63) is 34.3 Å². The Hall–Kier alpha value is -0.700. The van der Waals surface area contributed by atoms with Gasteiger partial charge in [-0.15, -0.1) is 0 Å². The van der Waals surface area contributed by atoms with E-state index in [0.29, 0.717) is 0 Å². The third-order valence-electron chi connectivity index (χ3n) is 3.00. The van der Waals surface area contributed by atoms with Crippen LogP contribution in [0.15, 0.2) is 39.0 Å². The van der Waals surface area contributed by atoms with Gasteiger partial charge in [-0.3, -0.25) is 0 Å². The molecule has 0 N–H and O–H groups in total. The van der Waals surface area contributed by atoms with Crippen LogP contribution in [0.25, 0.3) is 0 Å². The summed E-state index contributed by atoms with van der Waals surface area (Å²) in [5, 5.41) is 8.47. The molecule has 2 aliphatic rings. The van der Waals surface area contributed by atoms with Gasteiger partial charge in [0.25, 0.3) is 0 Å². The van der Waals surface area contributed by atoms with E-state index in [2.05, 4.69) is 44.4 Å². The third-order valence-corrected chi connectivity index (χ3v) is 3.77. The predicted octanol–water partition coefficient (Wildman–Crippen LogP) is 3.56. The molecule has 0 aromatic heterocycles. The minimum Gasteiger partial charge on any atom is -0.158 e. The van der Waals surface area contributed by atoms with Crippen molar-refractivity contribution in [2.24, 2.45) is 16.1 Å². The average molecular weight is 251 g/mol. The molecule has 0 radical (unpaired) electrons. The van der Waals surface area contributed by atoms with Crippen molar-refractivity contribution in [1.82, 2.24) is 0 Å². The highest BCUT2D eigenvalue weighted by molar-refractivity contribution is 9.10. The van der Waals surface area contributed by atoms with E-state index in [1.807, 2.05) is 6.07 Å². The topological polar surface area (TPSA) is 24.7 Å². The van der Waals surface area contributed by atoms with E-state index >= 15 is 0 Å². The fourth-order valence-corrected chi connectivity index (χ4v) is 2.34. The molecule has 0 saturated heterocycles. The van der Waals surface area contributed by atoms with Gasteiger partial charge in [0.1, 0.15) is 0 Å². The molecular formula is C11H11BrN2. The molecule has 0 spiro atoms. The van der Waals surface area contributed by atoms with E-state index in [-0.39, 0.29) is 5.66 Å². The molecule has 0 unspecified atom stereocenters. The highest BCUT2D eigenvalue weighted by atomic mass is 79.9. The first kappa shape index (κ1) is 8.60. The Bertz CT molecular complexity index is 390. The molecular weight excluding hydrogens is 240 g/mol. The van der Waals surface area contributed by atoms with E-state index in [0.717, 1.165) is 12.3 Å². The highest BCUT2D eigenvalue weighted by Crippen LogP contribution is 2.52. The fraction of sp³-hybridized carbons (Fsp3) is 0.455. The van der Waals surface area contributed by atoms with E-state index in [1.54, 1.807) is 0 Å². The summed E-state index contributed by atoms with van der Waals surface area (Å²) in [7, 11) is 0. The number of rotatable bonds is 3. The van der Waals surface area contributed by atoms with E-state index < -0.39 is 0 Å². The summed E-state index contributed by atoms with van der Waals surface area (Å²) in [5.74, 6) is 0.731. The van der Waals surface area contributed by atoms with Crippen LogP contribution in [0.5, 0.6) is 0 Å². The highest BCUT2D eigenvalue weighted by Gasteiger charge is 2.53. The van der Waals surface area contributed by atoms with Crippen molar-refractivity contribution in [2.45, 2.75) is 24.9 Å². The second kappa shape index (κ2) is 2.89. The van der Waals surface area contributed by atoms with Gasteiger partial charge in [0.2, 0.25) is 0 Å². The van der Waals surface area contributed by atoms with Crippen molar-refractivity contribution in [2.75, 3.05) is 0 Å². The molecule has 0 amide bonds. The predicted molar refractivity (Wildman–Crippen MR) is 58.2 cm³/mol. The van der Waals surface area contributed by atoms with Gasteiger partial charge in [0.05, 0.1) is 0 Å². The van der Waals surface area contributed by atoms with Crippen LogP contribution in [-0.2, 0) is 6.42 Å². The van der Waals surface area contributed by atoms with E-state index in [1.165, 1.54) is 22.9 Å². The van der Waals surface area contributed by atoms with Gasteiger partial charge >= 0.3 is 0 Å². The SMILES string of the molecule is Brc1ccccc1CC1(C2CC2)N=N1. The molecule has 1 fully saturated rings. The Labute approximate surface area is 91.6 Å². The molecule has 3 rings (SSSR count). The van der Waals surface area contributed by atoms with Crippen LogP contribution in [0.2, 0.25) is 0 Å². The Morgan fingerprint density at radius 3 is 2.57 bits per heavy atom. The number of hydrogen-bond acceptors (Lipinski definition) is 2. The maximum absolute atomic E-state index is 4.24. The van der Waals surface area contributed by atoms with Crippen LogP contribution in [0.1, 0.15) is 18.4 Å². The van der Waals surface area contributed by atoms with Crippen molar-refractivity contribution in [3.63, 3.8) is 0 Å². The number of nitrogens with zero attached hydrogens (tertiary/aromatic N) is 2. The summed E-state index contributed by atoms with van der Waals surface area (Å²) in [5.41, 5.74) is 1.30. The first-order chi connectivity index (χ1) is 6.80. The van der Waals surface area contributed by atoms with Gasteiger partial charge in [0.15, 0.2) is 5.66 Å². The zero-order valence-electron chi connectivity index (χ0n) is 7.78. The minimum absolute atomic E-state index is 0.0239. The number of benzene rings is 1. The minimum atomic E-state index is -0.0239. The monoisotopic (exact) mass is 250 g/mol. The van der Waals surface area contributed by atoms with Gasteiger partial charge in [-0.05, 0) is 24.5 Å². The van der Waals surface area contributed by atoms with Crippen LogP contribution >= 0.6 is 15.9 Å². The van der Waals surface area contributed by atoms with Crippen LogP contribution in [0.4, 0.5) is 0 Å². The number of hydrogen-bond donors (Lipinski definition) is 0. The van der Waals surface area contributed by atoms with Gasteiger partial charge in [-0.2, -0.15) is 10.2 Å². The molecule has 1 heterocycles. The van der Waals surface area contributed by atoms with Gasteiger partial charge in [-0.1, -0.05) is 34.1 Å². The molecule has 14 heavy (non-hydrogen) atoms. The molecule has 1 saturated carbocycles. The Kier molecular flexibility index (Phi) is 1.78. The normalized spacial score (nSPS) is 22.4. The lowest BCUT2D eigenvalue weighted by molar-refractivity contribution is 0.521. The summed E-state index contributed by atoms with van der Waals surface area (Å²) >= 11 is 3.56. The zero-order chi connectivity index (χ0) is 9.60. The van der Waals surface area contributed by atoms with Crippen molar-refractivity contribution in [1.29, 1.82) is 0 Å². The standard InChI is InChI=1S/C11H11BrN2/c12-10-4-2-1-3-8(10)7-11(13-14-11)9-5-6-9/h1-4,9H,5-7H2. The molecule has 1 aromatic carbocycles. The van der Waals surface area contributed by atoms with Crippen molar-refractivity contribution in [3.8, 4) is 0 Å². The Morgan fingerprint density at radius 1 is 1.29 bits per heavy atom. The molecule has 1 aromatic rings. The quantitative estimate of drug-likeness (QED) is 0.784. The van der Waals surface area contributed by atoms with Gasteiger partial charge in [-0.25, -0.2) is 0 Å². The smallest absolute Gasteiger partial charge is 0.158 e. The number of halogens is 1. The van der Waals surface area contributed by atoms with Crippen molar-refractivity contribution >= 4 is 15.9 Å². The maximum atomic E-state index is 4.24. The molecule has 0 atom stereocenters. The van der Waals surface area contributed by atoms with Crippen LogP contribution in [0, 0.1) is 5.92 Å². The molecule has 1 aliphatic carbocycles. The third kappa shape index (κ3) is 1.40. The van der Waals surface area contributed by atoms with Crippen LogP contribution < -0.4 is 0 Å². The lowest BCUT2D eigenvalue weighted by atomic mass is 9.99. The van der Waals surface area contributed by atoms with Gasteiger partial charge in [0, 0.05) is 16.8 Å². The first-order valence-electron chi connectivity index (χ1n) is 4.98. The largest absolute Gasteiger partial charge is 0.197 e. The fourth-order valence-electron chi connectivity index (χ4n) is 1.91. The summed E-state index contributed by atoms with van der Waals surface area (Å²) in [6.45, 7) is 0. The zero-order valence-corrected chi connectivity index (χ0v) is 9.37. The first-order valence-corrected chi connectivity index (χ1v) is 5.77. The second-order valence-corrected chi connectivity index (χ2v) is 4.98. The Morgan fingerprint density at radius 2 is 2.00 bits per heavy atom.